The molecule has 0 radical (unpaired) electrons. The van der Waals surface area contributed by atoms with Gasteiger partial charge in [0.2, 0.25) is 0 Å². The SMILES string of the molecule is CCC(CSC)n1c(C(C)Cl)nc2cc(F)c(Cl)cc21. The second-order valence-corrected chi connectivity index (χ2v) is 6.70. The van der Waals surface area contributed by atoms with Gasteiger partial charge in [-0.25, -0.2) is 9.37 Å². The summed E-state index contributed by atoms with van der Waals surface area (Å²) in [6, 6.07) is 3.29. The van der Waals surface area contributed by atoms with Gasteiger partial charge in [-0.1, -0.05) is 18.5 Å². The van der Waals surface area contributed by atoms with Crippen molar-refractivity contribution in [2.45, 2.75) is 31.7 Å². The first-order valence-electron chi connectivity index (χ1n) is 6.49. The number of hydrogen-bond donors (Lipinski definition) is 0. The highest BCUT2D eigenvalue weighted by Crippen LogP contribution is 2.32. The number of alkyl halides is 1. The Morgan fingerprint density at radius 1 is 1.45 bits per heavy atom. The highest BCUT2D eigenvalue weighted by molar-refractivity contribution is 7.98. The third-order valence-corrected chi connectivity index (χ3v) is 4.51. The van der Waals surface area contributed by atoms with E-state index in [9.17, 15) is 4.39 Å². The largest absolute Gasteiger partial charge is 0.323 e. The average molecular weight is 335 g/mol. The first kappa shape index (κ1) is 15.9. The monoisotopic (exact) mass is 334 g/mol. The predicted octanol–water partition coefficient (Wildman–Crippen LogP) is 5.44. The third kappa shape index (κ3) is 2.92. The van der Waals surface area contributed by atoms with Gasteiger partial charge in [-0.3, -0.25) is 0 Å². The number of rotatable bonds is 5. The first-order valence-corrected chi connectivity index (χ1v) is 8.70. The maximum Gasteiger partial charge on any atom is 0.144 e. The lowest BCUT2D eigenvalue weighted by Crippen LogP contribution is -2.14. The van der Waals surface area contributed by atoms with E-state index in [4.69, 9.17) is 23.2 Å². The maximum atomic E-state index is 13.6. The van der Waals surface area contributed by atoms with Crippen LogP contribution in [0.3, 0.4) is 0 Å². The van der Waals surface area contributed by atoms with E-state index in [0.717, 1.165) is 23.5 Å². The van der Waals surface area contributed by atoms with Gasteiger partial charge in [-0.05, 0) is 25.7 Å². The Kier molecular flexibility index (Phi) is 5.21. The minimum absolute atomic E-state index is 0.117. The molecule has 6 heteroatoms. The topological polar surface area (TPSA) is 17.8 Å². The van der Waals surface area contributed by atoms with E-state index < -0.39 is 5.82 Å². The minimum atomic E-state index is -0.449. The van der Waals surface area contributed by atoms with Gasteiger partial charge in [0.1, 0.15) is 11.6 Å². The van der Waals surface area contributed by atoms with Crippen LogP contribution in [0.5, 0.6) is 0 Å². The van der Waals surface area contributed by atoms with E-state index in [0.29, 0.717) is 5.52 Å². The van der Waals surface area contributed by atoms with Gasteiger partial charge in [0, 0.05) is 17.9 Å². The summed E-state index contributed by atoms with van der Waals surface area (Å²) in [6.45, 7) is 4.00. The molecular weight excluding hydrogens is 318 g/mol. The number of nitrogens with zero attached hydrogens (tertiary/aromatic N) is 2. The summed E-state index contributed by atoms with van der Waals surface area (Å²) >= 11 is 13.9. The van der Waals surface area contributed by atoms with Crippen LogP contribution in [0.25, 0.3) is 11.0 Å². The summed E-state index contributed by atoms with van der Waals surface area (Å²) in [5.41, 5.74) is 1.45. The van der Waals surface area contributed by atoms with Crippen molar-refractivity contribution >= 4 is 46.0 Å². The van der Waals surface area contributed by atoms with Gasteiger partial charge >= 0.3 is 0 Å². The number of imidazole rings is 1. The highest BCUT2D eigenvalue weighted by Gasteiger charge is 2.21. The molecule has 2 aromatic rings. The van der Waals surface area contributed by atoms with Crippen LogP contribution >= 0.6 is 35.0 Å². The number of aromatic nitrogens is 2. The van der Waals surface area contributed by atoms with Crippen LogP contribution in [0.2, 0.25) is 5.02 Å². The molecule has 0 spiro atoms. The van der Waals surface area contributed by atoms with E-state index in [2.05, 4.69) is 22.7 Å². The van der Waals surface area contributed by atoms with Gasteiger partial charge < -0.3 is 4.57 Å². The van der Waals surface area contributed by atoms with Crippen molar-refractivity contribution in [2.75, 3.05) is 12.0 Å². The Morgan fingerprint density at radius 3 is 2.70 bits per heavy atom. The summed E-state index contributed by atoms with van der Waals surface area (Å²) in [5.74, 6) is 1.27. The van der Waals surface area contributed by atoms with E-state index in [1.54, 1.807) is 17.8 Å². The zero-order valence-corrected chi connectivity index (χ0v) is 14.0. The van der Waals surface area contributed by atoms with Crippen LogP contribution < -0.4 is 0 Å². The molecule has 0 amide bonds. The Balaban J connectivity index is 2.70. The molecule has 1 aromatic heterocycles. The maximum absolute atomic E-state index is 13.6. The predicted molar refractivity (Wildman–Crippen MR) is 86.7 cm³/mol. The van der Waals surface area contributed by atoms with Gasteiger partial charge in [0.25, 0.3) is 0 Å². The molecule has 0 saturated carbocycles. The standard InChI is InChI=1S/C14H17Cl2FN2S/c1-4-9(7-20-3)19-13-5-10(16)11(17)6-12(13)18-14(19)8(2)15/h5-6,8-9H,4,7H2,1-3H3. The lowest BCUT2D eigenvalue weighted by molar-refractivity contribution is 0.530. The van der Waals surface area contributed by atoms with Crippen LogP contribution in [-0.2, 0) is 0 Å². The number of thioether (sulfide) groups is 1. The number of benzene rings is 1. The summed E-state index contributed by atoms with van der Waals surface area (Å²) < 4.78 is 15.7. The fourth-order valence-electron chi connectivity index (χ4n) is 2.34. The van der Waals surface area contributed by atoms with E-state index in [1.807, 2.05) is 6.92 Å². The van der Waals surface area contributed by atoms with Crippen molar-refractivity contribution in [2.24, 2.45) is 0 Å². The summed E-state index contributed by atoms with van der Waals surface area (Å²) in [6.07, 6.45) is 3.02. The molecule has 2 nitrogen and oxygen atoms in total. The van der Waals surface area contributed by atoms with Crippen molar-refractivity contribution < 1.29 is 4.39 Å². The first-order chi connectivity index (χ1) is 9.49. The van der Waals surface area contributed by atoms with Crippen LogP contribution in [0.15, 0.2) is 12.1 Å². The molecule has 2 atom stereocenters. The summed E-state index contributed by atoms with van der Waals surface area (Å²) in [5, 5.41) is -0.119. The lowest BCUT2D eigenvalue weighted by Gasteiger charge is -2.20. The molecule has 0 fully saturated rings. The van der Waals surface area contributed by atoms with Crippen LogP contribution in [0.1, 0.15) is 37.5 Å². The fraction of sp³-hybridized carbons (Fsp3) is 0.500. The van der Waals surface area contributed by atoms with Crippen LogP contribution in [0, 0.1) is 5.82 Å². The fourth-order valence-corrected chi connectivity index (χ4v) is 3.42. The molecule has 0 N–H and O–H groups in total. The molecule has 2 rings (SSSR count). The second kappa shape index (κ2) is 6.54. The minimum Gasteiger partial charge on any atom is -0.323 e. The average Bonchev–Trinajstić information content (AvgIpc) is 2.75. The Hall–Kier alpha value is -0.450. The number of fused-ring (bicyclic) bond motifs is 1. The number of halogens is 3. The molecule has 20 heavy (non-hydrogen) atoms. The van der Waals surface area contributed by atoms with Gasteiger partial charge in [0.05, 0.1) is 21.4 Å². The number of hydrogen-bond acceptors (Lipinski definition) is 2. The Labute approximate surface area is 132 Å². The van der Waals surface area contributed by atoms with Crippen molar-refractivity contribution in [1.82, 2.24) is 9.55 Å². The van der Waals surface area contributed by atoms with Gasteiger partial charge in [-0.2, -0.15) is 11.8 Å². The molecule has 0 aliphatic rings. The molecule has 0 aliphatic heterocycles. The second-order valence-electron chi connectivity index (χ2n) is 4.73. The molecule has 1 aromatic carbocycles. The molecule has 110 valence electrons. The normalized spacial score (nSPS) is 14.7. The lowest BCUT2D eigenvalue weighted by atomic mass is 10.2. The zero-order chi connectivity index (χ0) is 14.9. The van der Waals surface area contributed by atoms with E-state index in [-0.39, 0.29) is 16.4 Å². The van der Waals surface area contributed by atoms with Crippen molar-refractivity contribution in [1.29, 1.82) is 0 Å². The summed E-state index contributed by atoms with van der Waals surface area (Å²) in [4.78, 5) is 4.49. The molecule has 0 bridgehead atoms. The van der Waals surface area contributed by atoms with Crippen molar-refractivity contribution in [3.8, 4) is 0 Å². The smallest absolute Gasteiger partial charge is 0.144 e. The van der Waals surface area contributed by atoms with Gasteiger partial charge in [0.15, 0.2) is 0 Å². The van der Waals surface area contributed by atoms with Crippen LogP contribution in [0.4, 0.5) is 4.39 Å². The molecule has 1 heterocycles. The quantitative estimate of drug-likeness (QED) is 0.677. The molecule has 2 unspecified atom stereocenters. The van der Waals surface area contributed by atoms with Gasteiger partial charge in [-0.15, -0.1) is 11.6 Å². The van der Waals surface area contributed by atoms with Crippen molar-refractivity contribution in [3.63, 3.8) is 0 Å². The summed E-state index contributed by atoms with van der Waals surface area (Å²) in [7, 11) is 0. The third-order valence-electron chi connectivity index (χ3n) is 3.31. The molecular formula is C14H17Cl2FN2S. The van der Waals surface area contributed by atoms with E-state index in [1.165, 1.54) is 6.07 Å². The Bertz CT molecular complexity index is 613. The molecule has 0 saturated heterocycles. The highest BCUT2D eigenvalue weighted by atomic mass is 35.5. The van der Waals surface area contributed by atoms with Crippen molar-refractivity contribution in [3.05, 3.63) is 28.8 Å². The Morgan fingerprint density at radius 2 is 2.15 bits per heavy atom. The molecule has 0 aliphatic carbocycles. The van der Waals surface area contributed by atoms with Crippen LogP contribution in [-0.4, -0.2) is 21.6 Å². The van der Waals surface area contributed by atoms with E-state index >= 15 is 0 Å². The zero-order valence-electron chi connectivity index (χ0n) is 11.7.